The van der Waals surface area contributed by atoms with Crippen LogP contribution in [0.5, 0.6) is 0 Å². The standard InChI is InChI=1S/C24H28N4O4/c1-13(2)21-11-19(20-12-25-28(14(3)4)22(20)27-21)24(31)32-16(6)23(30)26-18-9-7-8-17(10-18)15(5)29/h7-14,16H,1-6H3,(H,26,30). The maximum atomic E-state index is 13.0. The number of pyridine rings is 1. The molecule has 0 saturated heterocycles. The van der Waals surface area contributed by atoms with Crippen molar-refractivity contribution < 1.29 is 19.1 Å². The van der Waals surface area contributed by atoms with Crippen molar-refractivity contribution in [2.24, 2.45) is 0 Å². The number of nitrogens with one attached hydrogen (secondary N) is 1. The van der Waals surface area contributed by atoms with Gasteiger partial charge in [-0.1, -0.05) is 26.0 Å². The van der Waals surface area contributed by atoms with Crippen molar-refractivity contribution in [1.82, 2.24) is 14.8 Å². The molecule has 1 aromatic carbocycles. The molecule has 1 unspecified atom stereocenters. The summed E-state index contributed by atoms with van der Waals surface area (Å²) >= 11 is 0. The van der Waals surface area contributed by atoms with Gasteiger partial charge in [0.25, 0.3) is 5.91 Å². The van der Waals surface area contributed by atoms with Crippen LogP contribution in [0, 0.1) is 0 Å². The molecule has 0 radical (unpaired) electrons. The van der Waals surface area contributed by atoms with Crippen molar-refractivity contribution >= 4 is 34.4 Å². The molecule has 3 rings (SSSR count). The molecule has 32 heavy (non-hydrogen) atoms. The first-order valence-electron chi connectivity index (χ1n) is 10.6. The lowest BCUT2D eigenvalue weighted by atomic mass is 10.1. The van der Waals surface area contributed by atoms with Crippen molar-refractivity contribution in [3.05, 3.63) is 53.3 Å². The lowest BCUT2D eigenvalue weighted by Crippen LogP contribution is -2.30. The number of ketones is 1. The number of carbonyl (C=O) groups excluding carboxylic acids is 3. The Hall–Kier alpha value is -3.55. The van der Waals surface area contributed by atoms with Gasteiger partial charge in [-0.25, -0.2) is 14.5 Å². The predicted molar refractivity (Wildman–Crippen MR) is 122 cm³/mol. The van der Waals surface area contributed by atoms with Crippen molar-refractivity contribution in [1.29, 1.82) is 0 Å². The fourth-order valence-corrected chi connectivity index (χ4v) is 3.22. The van der Waals surface area contributed by atoms with E-state index in [1.807, 2.05) is 27.7 Å². The molecule has 168 valence electrons. The number of hydrogen-bond acceptors (Lipinski definition) is 6. The van der Waals surface area contributed by atoms with Crippen molar-refractivity contribution in [3.8, 4) is 0 Å². The monoisotopic (exact) mass is 436 g/mol. The van der Waals surface area contributed by atoms with Crippen molar-refractivity contribution in [2.75, 3.05) is 5.32 Å². The van der Waals surface area contributed by atoms with Gasteiger partial charge in [0.2, 0.25) is 0 Å². The van der Waals surface area contributed by atoms with Crippen LogP contribution in [0.15, 0.2) is 36.5 Å². The maximum Gasteiger partial charge on any atom is 0.339 e. The van der Waals surface area contributed by atoms with Gasteiger partial charge in [-0.15, -0.1) is 0 Å². The van der Waals surface area contributed by atoms with Crippen LogP contribution < -0.4 is 5.32 Å². The van der Waals surface area contributed by atoms with Crippen LogP contribution in [-0.4, -0.2) is 38.5 Å². The summed E-state index contributed by atoms with van der Waals surface area (Å²) in [5.74, 6) is -1.13. The summed E-state index contributed by atoms with van der Waals surface area (Å²) in [5, 5.41) is 7.63. The largest absolute Gasteiger partial charge is 0.449 e. The van der Waals surface area contributed by atoms with E-state index in [1.54, 1.807) is 41.2 Å². The first kappa shape index (κ1) is 23.1. The Morgan fingerprint density at radius 3 is 2.41 bits per heavy atom. The number of anilines is 1. The second-order valence-corrected chi connectivity index (χ2v) is 8.34. The highest BCUT2D eigenvalue weighted by Gasteiger charge is 2.24. The van der Waals surface area contributed by atoms with E-state index in [0.717, 1.165) is 5.69 Å². The van der Waals surface area contributed by atoms with Crippen LogP contribution in [0.3, 0.4) is 0 Å². The normalized spacial score (nSPS) is 12.2. The molecule has 2 heterocycles. The first-order chi connectivity index (χ1) is 15.1. The van der Waals surface area contributed by atoms with E-state index in [1.165, 1.54) is 13.8 Å². The third-order valence-electron chi connectivity index (χ3n) is 5.08. The molecule has 1 N–H and O–H groups in total. The molecule has 0 saturated carbocycles. The van der Waals surface area contributed by atoms with Crippen LogP contribution in [0.4, 0.5) is 5.69 Å². The van der Waals surface area contributed by atoms with Gasteiger partial charge >= 0.3 is 5.97 Å². The minimum atomic E-state index is -1.05. The SMILES string of the molecule is CC(=O)c1cccc(NC(=O)C(C)OC(=O)c2cc(C(C)C)nc3c2cnn3C(C)C)c1. The second kappa shape index (κ2) is 9.30. The summed E-state index contributed by atoms with van der Waals surface area (Å²) in [6.07, 6.45) is 0.551. The number of rotatable bonds is 7. The third kappa shape index (κ3) is 4.85. The average molecular weight is 437 g/mol. The van der Waals surface area contributed by atoms with E-state index >= 15 is 0 Å². The highest BCUT2D eigenvalue weighted by molar-refractivity contribution is 6.04. The van der Waals surface area contributed by atoms with Crippen LogP contribution >= 0.6 is 0 Å². The van der Waals surface area contributed by atoms with Gasteiger partial charge in [0.15, 0.2) is 17.5 Å². The number of aromatic nitrogens is 3. The molecular formula is C24H28N4O4. The lowest BCUT2D eigenvalue weighted by Gasteiger charge is -2.15. The van der Waals surface area contributed by atoms with E-state index in [9.17, 15) is 14.4 Å². The van der Waals surface area contributed by atoms with Gasteiger partial charge < -0.3 is 10.1 Å². The molecule has 8 heteroatoms. The Morgan fingerprint density at radius 2 is 1.78 bits per heavy atom. The molecule has 8 nitrogen and oxygen atoms in total. The van der Waals surface area contributed by atoms with E-state index in [-0.39, 0.29) is 17.7 Å². The summed E-state index contributed by atoms with van der Waals surface area (Å²) in [6, 6.07) is 8.36. The Kier molecular flexibility index (Phi) is 6.72. The van der Waals surface area contributed by atoms with E-state index in [2.05, 4.69) is 15.4 Å². The average Bonchev–Trinajstić information content (AvgIpc) is 3.17. The van der Waals surface area contributed by atoms with E-state index < -0.39 is 18.0 Å². The van der Waals surface area contributed by atoms with Crippen molar-refractivity contribution in [2.45, 2.75) is 59.6 Å². The van der Waals surface area contributed by atoms with Gasteiger partial charge in [-0.2, -0.15) is 5.10 Å². The van der Waals surface area contributed by atoms with E-state index in [0.29, 0.717) is 27.8 Å². The molecule has 0 bridgehead atoms. The van der Waals surface area contributed by atoms with Crippen LogP contribution in [-0.2, 0) is 9.53 Å². The fraction of sp³-hybridized carbons (Fsp3) is 0.375. The number of esters is 1. The summed E-state index contributed by atoms with van der Waals surface area (Å²) in [5.41, 5.74) is 2.61. The zero-order chi connectivity index (χ0) is 23.6. The van der Waals surface area contributed by atoms with Gasteiger partial charge in [0, 0.05) is 23.0 Å². The molecule has 3 aromatic rings. The molecule has 0 aliphatic rings. The maximum absolute atomic E-state index is 13.0. The van der Waals surface area contributed by atoms with E-state index in [4.69, 9.17) is 4.74 Å². The van der Waals surface area contributed by atoms with Gasteiger partial charge in [0.1, 0.15) is 0 Å². The molecule has 2 aromatic heterocycles. The number of ether oxygens (including phenoxy) is 1. The summed E-state index contributed by atoms with van der Waals surface area (Å²) in [7, 11) is 0. The molecule has 0 aliphatic heterocycles. The molecule has 1 atom stereocenters. The number of hydrogen-bond donors (Lipinski definition) is 1. The number of amides is 1. The minimum Gasteiger partial charge on any atom is -0.449 e. The molecule has 0 aliphatic carbocycles. The predicted octanol–water partition coefficient (Wildman–Crippen LogP) is 4.52. The first-order valence-corrected chi connectivity index (χ1v) is 10.6. The highest BCUT2D eigenvalue weighted by atomic mass is 16.5. The fourth-order valence-electron chi connectivity index (χ4n) is 3.22. The topological polar surface area (TPSA) is 103 Å². The van der Waals surface area contributed by atoms with Gasteiger partial charge in [0.05, 0.1) is 17.1 Å². The number of benzene rings is 1. The summed E-state index contributed by atoms with van der Waals surface area (Å²) in [4.78, 5) is 41.8. The second-order valence-electron chi connectivity index (χ2n) is 8.34. The summed E-state index contributed by atoms with van der Waals surface area (Å²) < 4.78 is 7.24. The molecule has 1 amide bonds. The zero-order valence-corrected chi connectivity index (χ0v) is 19.2. The Morgan fingerprint density at radius 1 is 1.06 bits per heavy atom. The third-order valence-corrected chi connectivity index (χ3v) is 5.08. The number of carbonyl (C=O) groups is 3. The molecule has 0 fully saturated rings. The summed E-state index contributed by atoms with van der Waals surface area (Å²) in [6.45, 7) is 10.9. The number of fused-ring (bicyclic) bond motifs is 1. The highest BCUT2D eigenvalue weighted by Crippen LogP contribution is 2.25. The minimum absolute atomic E-state index is 0.0711. The zero-order valence-electron chi connectivity index (χ0n) is 19.2. The Labute approximate surface area is 187 Å². The Bertz CT molecular complexity index is 1180. The molecule has 0 spiro atoms. The quantitative estimate of drug-likeness (QED) is 0.431. The van der Waals surface area contributed by atoms with Gasteiger partial charge in [-0.3, -0.25) is 9.59 Å². The number of nitrogens with zero attached hydrogens (tertiary/aromatic N) is 3. The van der Waals surface area contributed by atoms with Crippen molar-refractivity contribution in [3.63, 3.8) is 0 Å². The van der Waals surface area contributed by atoms with Crippen LogP contribution in [0.25, 0.3) is 11.0 Å². The van der Waals surface area contributed by atoms with Gasteiger partial charge in [-0.05, 0) is 51.8 Å². The number of Topliss-reactive ketones (excluding diaryl/α,β-unsaturated/α-hetero) is 1. The molecular weight excluding hydrogens is 408 g/mol. The van der Waals surface area contributed by atoms with Crippen LogP contribution in [0.1, 0.15) is 79.9 Å². The van der Waals surface area contributed by atoms with Crippen LogP contribution in [0.2, 0.25) is 0 Å². The lowest BCUT2D eigenvalue weighted by molar-refractivity contribution is -0.123. The Balaban J connectivity index is 1.83. The smallest absolute Gasteiger partial charge is 0.339 e.